The summed E-state index contributed by atoms with van der Waals surface area (Å²) in [6.45, 7) is 3.79. The second-order valence-electron chi connectivity index (χ2n) is 4.49. The van der Waals surface area contributed by atoms with E-state index in [1.165, 1.54) is 0 Å². The zero-order chi connectivity index (χ0) is 12.2. The Hall–Kier alpha value is -0.290. The second-order valence-corrected chi connectivity index (χ2v) is 4.49. The summed E-state index contributed by atoms with van der Waals surface area (Å²) >= 11 is 0. The molecule has 96 valence electrons. The maximum absolute atomic E-state index is 12.5. The highest BCUT2D eigenvalue weighted by Crippen LogP contribution is 2.34. The minimum atomic E-state index is -4.01. The third-order valence-electron chi connectivity index (χ3n) is 3.48. The van der Waals surface area contributed by atoms with E-state index in [0.717, 1.165) is 12.8 Å². The number of halogens is 3. The van der Waals surface area contributed by atoms with Gasteiger partial charge in [-0.05, 0) is 45.3 Å². The van der Waals surface area contributed by atoms with Gasteiger partial charge in [0.1, 0.15) is 0 Å². The Labute approximate surface area is 95.0 Å². The third-order valence-corrected chi connectivity index (χ3v) is 3.48. The molecule has 0 aromatic rings. The van der Waals surface area contributed by atoms with Crippen molar-refractivity contribution in [3.05, 3.63) is 0 Å². The molecule has 0 bridgehead atoms. The molecule has 16 heavy (non-hydrogen) atoms. The molecule has 1 aliphatic rings. The van der Waals surface area contributed by atoms with E-state index in [1.54, 1.807) is 0 Å². The molecule has 1 heterocycles. The summed E-state index contributed by atoms with van der Waals surface area (Å²) in [7, 11) is 0. The van der Waals surface area contributed by atoms with Gasteiger partial charge in [-0.25, -0.2) is 0 Å². The molecule has 0 radical (unpaired) electrons. The Balaban J connectivity index is 2.41. The van der Waals surface area contributed by atoms with Crippen LogP contribution in [0.5, 0.6) is 0 Å². The van der Waals surface area contributed by atoms with Crippen molar-refractivity contribution < 1.29 is 13.2 Å². The van der Waals surface area contributed by atoms with Crippen molar-refractivity contribution >= 4 is 0 Å². The van der Waals surface area contributed by atoms with Gasteiger partial charge in [-0.3, -0.25) is 0 Å². The summed E-state index contributed by atoms with van der Waals surface area (Å²) in [5.74, 6) is -1.10. The first kappa shape index (κ1) is 13.8. The molecule has 2 N–H and O–H groups in total. The summed E-state index contributed by atoms with van der Waals surface area (Å²) in [4.78, 5) is 2.16. The number of nitrogens with zero attached hydrogens (tertiary/aromatic N) is 1. The number of hydrogen-bond donors (Lipinski definition) is 1. The van der Waals surface area contributed by atoms with Crippen LogP contribution in [0.25, 0.3) is 0 Å². The van der Waals surface area contributed by atoms with E-state index < -0.39 is 12.1 Å². The van der Waals surface area contributed by atoms with Crippen molar-refractivity contribution in [1.82, 2.24) is 4.90 Å². The highest BCUT2D eigenvalue weighted by atomic mass is 19.4. The molecule has 1 fully saturated rings. The molecule has 0 aromatic carbocycles. The summed E-state index contributed by atoms with van der Waals surface area (Å²) in [5, 5.41) is 0. The molecule has 1 rings (SSSR count). The predicted molar refractivity (Wildman–Crippen MR) is 58.1 cm³/mol. The number of rotatable bonds is 4. The smallest absolute Gasteiger partial charge is 0.330 e. The van der Waals surface area contributed by atoms with Crippen LogP contribution in [0, 0.1) is 5.92 Å². The van der Waals surface area contributed by atoms with Crippen LogP contribution in [0.4, 0.5) is 13.2 Å². The summed E-state index contributed by atoms with van der Waals surface area (Å²) in [6, 6.07) is 0.360. The zero-order valence-electron chi connectivity index (χ0n) is 9.76. The fraction of sp³-hybridized carbons (Fsp3) is 1.00. The van der Waals surface area contributed by atoms with E-state index >= 15 is 0 Å². The van der Waals surface area contributed by atoms with Crippen LogP contribution in [0.3, 0.4) is 0 Å². The van der Waals surface area contributed by atoms with Crippen molar-refractivity contribution in [2.45, 2.75) is 44.8 Å². The normalized spacial score (nSPS) is 22.3. The lowest BCUT2D eigenvalue weighted by Gasteiger charge is -2.37. The predicted octanol–water partition coefficient (Wildman–Crippen LogP) is 2.39. The van der Waals surface area contributed by atoms with Crippen molar-refractivity contribution in [1.29, 1.82) is 0 Å². The number of likely N-dealkylation sites (tertiary alicyclic amines) is 1. The fourth-order valence-electron chi connectivity index (χ4n) is 2.43. The van der Waals surface area contributed by atoms with Crippen molar-refractivity contribution in [3.8, 4) is 0 Å². The molecule has 0 aromatic heterocycles. The molecule has 0 amide bonds. The molecule has 0 saturated carbocycles. The molecule has 0 spiro atoms. The SMILES string of the molecule is CCC(CCN)N1CCC(C(F)(F)F)CC1. The van der Waals surface area contributed by atoms with Crippen molar-refractivity contribution in [2.75, 3.05) is 19.6 Å². The number of piperidine rings is 1. The molecule has 2 nitrogen and oxygen atoms in total. The van der Waals surface area contributed by atoms with E-state index in [2.05, 4.69) is 11.8 Å². The first-order valence-corrected chi connectivity index (χ1v) is 5.99. The summed E-state index contributed by atoms with van der Waals surface area (Å²) in [6.07, 6.45) is -1.68. The van der Waals surface area contributed by atoms with Gasteiger partial charge >= 0.3 is 6.18 Å². The van der Waals surface area contributed by atoms with Gasteiger partial charge in [-0.1, -0.05) is 6.92 Å². The second kappa shape index (κ2) is 5.87. The Morgan fingerprint density at radius 1 is 1.31 bits per heavy atom. The monoisotopic (exact) mass is 238 g/mol. The molecule has 1 saturated heterocycles. The topological polar surface area (TPSA) is 29.3 Å². The summed E-state index contributed by atoms with van der Waals surface area (Å²) in [5.41, 5.74) is 5.50. The highest BCUT2D eigenvalue weighted by Gasteiger charge is 2.41. The van der Waals surface area contributed by atoms with Crippen LogP contribution in [0.2, 0.25) is 0 Å². The van der Waals surface area contributed by atoms with Gasteiger partial charge in [-0.2, -0.15) is 13.2 Å². The molecule has 1 atom stereocenters. The average molecular weight is 238 g/mol. The van der Waals surface area contributed by atoms with Crippen LogP contribution in [-0.2, 0) is 0 Å². The van der Waals surface area contributed by atoms with Crippen LogP contribution >= 0.6 is 0 Å². The van der Waals surface area contributed by atoms with Gasteiger partial charge < -0.3 is 10.6 Å². The molecule has 5 heteroatoms. The molecule has 1 aliphatic heterocycles. The Morgan fingerprint density at radius 2 is 1.88 bits per heavy atom. The zero-order valence-corrected chi connectivity index (χ0v) is 9.76. The first-order valence-electron chi connectivity index (χ1n) is 5.99. The Kier molecular flexibility index (Phi) is 5.05. The first-order chi connectivity index (χ1) is 7.49. The van der Waals surface area contributed by atoms with Gasteiger partial charge in [-0.15, -0.1) is 0 Å². The minimum absolute atomic E-state index is 0.241. The van der Waals surface area contributed by atoms with E-state index in [1.807, 2.05) is 0 Å². The number of nitrogens with two attached hydrogens (primary N) is 1. The maximum atomic E-state index is 12.5. The average Bonchev–Trinajstić information content (AvgIpc) is 2.25. The highest BCUT2D eigenvalue weighted by molar-refractivity contribution is 4.81. The van der Waals surface area contributed by atoms with Crippen LogP contribution in [-0.4, -0.2) is 36.8 Å². The fourth-order valence-corrected chi connectivity index (χ4v) is 2.43. The largest absolute Gasteiger partial charge is 0.391 e. The van der Waals surface area contributed by atoms with E-state index in [4.69, 9.17) is 5.73 Å². The van der Waals surface area contributed by atoms with Crippen LogP contribution in [0.1, 0.15) is 32.6 Å². The molecular weight excluding hydrogens is 217 g/mol. The van der Waals surface area contributed by atoms with Crippen molar-refractivity contribution in [3.63, 3.8) is 0 Å². The van der Waals surface area contributed by atoms with Crippen molar-refractivity contribution in [2.24, 2.45) is 11.7 Å². The van der Waals surface area contributed by atoms with Gasteiger partial charge in [0.15, 0.2) is 0 Å². The Morgan fingerprint density at radius 3 is 2.25 bits per heavy atom. The lowest BCUT2D eigenvalue weighted by molar-refractivity contribution is -0.186. The molecular formula is C11H21F3N2. The van der Waals surface area contributed by atoms with E-state index in [9.17, 15) is 13.2 Å². The molecule has 0 aliphatic carbocycles. The quantitative estimate of drug-likeness (QED) is 0.814. The van der Waals surface area contributed by atoms with E-state index in [0.29, 0.717) is 25.7 Å². The minimum Gasteiger partial charge on any atom is -0.330 e. The van der Waals surface area contributed by atoms with Crippen LogP contribution in [0.15, 0.2) is 0 Å². The van der Waals surface area contributed by atoms with Gasteiger partial charge in [0, 0.05) is 6.04 Å². The Bertz CT molecular complexity index is 198. The standard InChI is InChI=1S/C11H21F3N2/c1-2-10(3-6-15)16-7-4-9(5-8-16)11(12,13)14/h9-10H,2-8,15H2,1H3. The van der Waals surface area contributed by atoms with E-state index in [-0.39, 0.29) is 12.8 Å². The number of hydrogen-bond acceptors (Lipinski definition) is 2. The van der Waals surface area contributed by atoms with Gasteiger partial charge in [0.2, 0.25) is 0 Å². The maximum Gasteiger partial charge on any atom is 0.391 e. The lowest BCUT2D eigenvalue weighted by Crippen LogP contribution is -2.44. The third kappa shape index (κ3) is 3.63. The van der Waals surface area contributed by atoms with Crippen LogP contribution < -0.4 is 5.73 Å². The number of alkyl halides is 3. The van der Waals surface area contributed by atoms with Gasteiger partial charge in [0.05, 0.1) is 5.92 Å². The van der Waals surface area contributed by atoms with Gasteiger partial charge in [0.25, 0.3) is 0 Å². The summed E-state index contributed by atoms with van der Waals surface area (Å²) < 4.78 is 37.4. The molecule has 1 unspecified atom stereocenters. The lowest BCUT2D eigenvalue weighted by atomic mass is 9.94.